The average molecular weight is 353 g/mol. The number of aromatic amines is 1. The Morgan fingerprint density at radius 2 is 2.12 bits per heavy atom. The topological polar surface area (TPSA) is 88.4 Å². The first-order valence-electron chi connectivity index (χ1n) is 8.48. The van der Waals surface area contributed by atoms with Crippen LogP contribution in [-0.4, -0.2) is 40.5 Å². The largest absolute Gasteiger partial charge is 0.461 e. The summed E-state index contributed by atoms with van der Waals surface area (Å²) in [6.07, 6.45) is -0.409. The SMILES string of the molecule is Cc1nc(C2CN(C(=O)c3ccc4oc(C)cc4c3)CCO2)cc(=O)[nH]1. The molecule has 1 aliphatic rings. The van der Waals surface area contributed by atoms with E-state index in [0.717, 1.165) is 16.7 Å². The van der Waals surface area contributed by atoms with E-state index >= 15 is 0 Å². The Kier molecular flexibility index (Phi) is 4.08. The fourth-order valence-corrected chi connectivity index (χ4v) is 3.27. The van der Waals surface area contributed by atoms with Gasteiger partial charge in [0.2, 0.25) is 0 Å². The molecule has 0 radical (unpaired) electrons. The summed E-state index contributed by atoms with van der Waals surface area (Å²) in [5.74, 6) is 1.27. The normalized spacial score (nSPS) is 17.6. The van der Waals surface area contributed by atoms with E-state index in [-0.39, 0.29) is 11.5 Å². The number of hydrogen-bond acceptors (Lipinski definition) is 5. The van der Waals surface area contributed by atoms with Gasteiger partial charge in [0, 0.05) is 23.6 Å². The predicted octanol–water partition coefficient (Wildman–Crippen LogP) is 2.35. The van der Waals surface area contributed by atoms with Gasteiger partial charge in [-0.25, -0.2) is 4.98 Å². The molecule has 1 fully saturated rings. The summed E-state index contributed by atoms with van der Waals surface area (Å²) in [6, 6.07) is 8.76. The quantitative estimate of drug-likeness (QED) is 0.764. The molecular formula is C19H19N3O4. The smallest absolute Gasteiger partial charge is 0.254 e. The van der Waals surface area contributed by atoms with Crippen LogP contribution >= 0.6 is 0 Å². The lowest BCUT2D eigenvalue weighted by atomic mass is 10.1. The van der Waals surface area contributed by atoms with E-state index < -0.39 is 6.10 Å². The van der Waals surface area contributed by atoms with E-state index in [4.69, 9.17) is 9.15 Å². The van der Waals surface area contributed by atoms with Crippen molar-refractivity contribution in [1.82, 2.24) is 14.9 Å². The molecule has 1 aliphatic heterocycles. The van der Waals surface area contributed by atoms with Gasteiger partial charge in [0.05, 0.1) is 18.8 Å². The molecule has 0 bridgehead atoms. The Morgan fingerprint density at radius 3 is 2.92 bits per heavy atom. The molecule has 1 saturated heterocycles. The van der Waals surface area contributed by atoms with Crippen LogP contribution in [0.2, 0.25) is 0 Å². The molecular weight excluding hydrogens is 334 g/mol. The van der Waals surface area contributed by atoms with E-state index in [1.54, 1.807) is 17.9 Å². The molecule has 26 heavy (non-hydrogen) atoms. The zero-order chi connectivity index (χ0) is 18.3. The summed E-state index contributed by atoms with van der Waals surface area (Å²) in [4.78, 5) is 33.3. The molecule has 0 aliphatic carbocycles. The van der Waals surface area contributed by atoms with Crippen LogP contribution in [0.15, 0.2) is 39.5 Å². The Hall–Kier alpha value is -2.93. The Balaban J connectivity index is 1.58. The summed E-state index contributed by atoms with van der Waals surface area (Å²) < 4.78 is 11.3. The molecule has 3 heterocycles. The van der Waals surface area contributed by atoms with Gasteiger partial charge < -0.3 is 19.0 Å². The second-order valence-corrected chi connectivity index (χ2v) is 6.48. The molecule has 2 aromatic heterocycles. The van der Waals surface area contributed by atoms with Crippen LogP contribution < -0.4 is 5.56 Å². The monoisotopic (exact) mass is 353 g/mol. The van der Waals surface area contributed by atoms with Gasteiger partial charge in [0.1, 0.15) is 23.3 Å². The van der Waals surface area contributed by atoms with Crippen LogP contribution in [0.25, 0.3) is 11.0 Å². The summed E-state index contributed by atoms with van der Waals surface area (Å²) in [5.41, 5.74) is 1.70. The van der Waals surface area contributed by atoms with Gasteiger partial charge in [-0.1, -0.05) is 0 Å². The van der Waals surface area contributed by atoms with Crippen LogP contribution in [0.5, 0.6) is 0 Å². The number of benzene rings is 1. The number of hydrogen-bond donors (Lipinski definition) is 1. The lowest BCUT2D eigenvalue weighted by Crippen LogP contribution is -2.42. The Morgan fingerprint density at radius 1 is 1.27 bits per heavy atom. The second-order valence-electron chi connectivity index (χ2n) is 6.48. The predicted molar refractivity (Wildman–Crippen MR) is 95.1 cm³/mol. The molecule has 0 saturated carbocycles. The zero-order valence-electron chi connectivity index (χ0n) is 14.6. The molecule has 1 N–H and O–H groups in total. The van der Waals surface area contributed by atoms with Crippen LogP contribution in [0.3, 0.4) is 0 Å². The highest BCUT2D eigenvalue weighted by molar-refractivity contribution is 5.97. The number of H-pyrrole nitrogens is 1. The molecule has 1 amide bonds. The number of ether oxygens (including phenoxy) is 1. The number of furan rings is 1. The minimum Gasteiger partial charge on any atom is -0.461 e. The van der Waals surface area contributed by atoms with Crippen LogP contribution in [0, 0.1) is 13.8 Å². The van der Waals surface area contributed by atoms with Crippen molar-refractivity contribution >= 4 is 16.9 Å². The molecule has 1 atom stereocenters. The fraction of sp³-hybridized carbons (Fsp3) is 0.316. The molecule has 3 aromatic rings. The number of nitrogens with zero attached hydrogens (tertiary/aromatic N) is 2. The number of aromatic nitrogens is 2. The van der Waals surface area contributed by atoms with E-state index in [2.05, 4.69) is 9.97 Å². The summed E-state index contributed by atoms with van der Waals surface area (Å²) in [7, 11) is 0. The third-order valence-corrected chi connectivity index (χ3v) is 4.45. The second kappa shape index (κ2) is 6.42. The van der Waals surface area contributed by atoms with Gasteiger partial charge in [-0.15, -0.1) is 0 Å². The van der Waals surface area contributed by atoms with Gasteiger partial charge in [0.25, 0.3) is 11.5 Å². The number of aryl methyl sites for hydroxylation is 2. The maximum absolute atomic E-state index is 12.9. The van der Waals surface area contributed by atoms with Gasteiger partial charge in [-0.2, -0.15) is 0 Å². The third kappa shape index (κ3) is 3.13. The lowest BCUT2D eigenvalue weighted by Gasteiger charge is -2.32. The van der Waals surface area contributed by atoms with Crippen LogP contribution in [0.1, 0.15) is 33.7 Å². The highest BCUT2D eigenvalue weighted by Crippen LogP contribution is 2.24. The number of amides is 1. The summed E-state index contributed by atoms with van der Waals surface area (Å²) in [5, 5.41) is 0.907. The molecule has 7 heteroatoms. The zero-order valence-corrected chi connectivity index (χ0v) is 14.6. The molecule has 1 unspecified atom stereocenters. The van der Waals surface area contributed by atoms with Crippen molar-refractivity contribution in [3.8, 4) is 0 Å². The minimum atomic E-state index is -0.409. The first kappa shape index (κ1) is 16.5. The number of carbonyl (C=O) groups is 1. The fourth-order valence-electron chi connectivity index (χ4n) is 3.27. The van der Waals surface area contributed by atoms with Crippen molar-refractivity contribution in [1.29, 1.82) is 0 Å². The van der Waals surface area contributed by atoms with Gasteiger partial charge in [-0.3, -0.25) is 9.59 Å². The average Bonchev–Trinajstić information content (AvgIpc) is 2.99. The van der Waals surface area contributed by atoms with Crippen molar-refractivity contribution in [2.75, 3.05) is 19.7 Å². The van der Waals surface area contributed by atoms with Crippen LogP contribution in [-0.2, 0) is 4.74 Å². The number of morpholine rings is 1. The molecule has 0 spiro atoms. The highest BCUT2D eigenvalue weighted by atomic mass is 16.5. The van der Waals surface area contributed by atoms with Crippen molar-refractivity contribution in [2.45, 2.75) is 20.0 Å². The summed E-state index contributed by atoms with van der Waals surface area (Å²) >= 11 is 0. The van der Waals surface area contributed by atoms with Gasteiger partial charge >= 0.3 is 0 Å². The number of nitrogens with one attached hydrogen (secondary N) is 1. The maximum Gasteiger partial charge on any atom is 0.254 e. The first-order chi connectivity index (χ1) is 12.5. The van der Waals surface area contributed by atoms with Crippen molar-refractivity contribution in [2.24, 2.45) is 0 Å². The van der Waals surface area contributed by atoms with Gasteiger partial charge in [-0.05, 0) is 38.1 Å². The van der Waals surface area contributed by atoms with E-state index in [0.29, 0.717) is 36.8 Å². The van der Waals surface area contributed by atoms with Crippen molar-refractivity contribution in [3.05, 3.63) is 63.5 Å². The number of fused-ring (bicyclic) bond motifs is 1. The number of rotatable bonds is 2. The van der Waals surface area contributed by atoms with Crippen LogP contribution in [0.4, 0.5) is 0 Å². The Labute approximate surface area is 149 Å². The van der Waals surface area contributed by atoms with E-state index in [1.807, 2.05) is 25.1 Å². The van der Waals surface area contributed by atoms with E-state index in [1.165, 1.54) is 6.07 Å². The van der Waals surface area contributed by atoms with E-state index in [9.17, 15) is 9.59 Å². The standard InChI is InChI=1S/C19H19N3O4/c1-11-7-14-8-13(3-4-16(14)26-11)19(24)22-5-6-25-17(10-22)15-9-18(23)21-12(2)20-15/h3-4,7-9,17H,5-6,10H2,1-2H3,(H,20,21,23). The third-order valence-electron chi connectivity index (χ3n) is 4.45. The lowest BCUT2D eigenvalue weighted by molar-refractivity contribution is -0.0248. The molecule has 1 aromatic carbocycles. The van der Waals surface area contributed by atoms with Crippen molar-refractivity contribution in [3.63, 3.8) is 0 Å². The summed E-state index contributed by atoms with van der Waals surface area (Å²) in [6.45, 7) is 4.86. The first-order valence-corrected chi connectivity index (χ1v) is 8.48. The molecule has 4 rings (SSSR count). The minimum absolute atomic E-state index is 0.0689. The molecule has 134 valence electrons. The Bertz CT molecular complexity index is 1040. The van der Waals surface area contributed by atoms with Gasteiger partial charge in [0.15, 0.2) is 0 Å². The highest BCUT2D eigenvalue weighted by Gasteiger charge is 2.27. The van der Waals surface area contributed by atoms with Crippen molar-refractivity contribution < 1.29 is 13.9 Å². The molecule has 7 nitrogen and oxygen atoms in total. The number of carbonyl (C=O) groups excluding carboxylic acids is 1. The maximum atomic E-state index is 12.9.